The Balaban J connectivity index is 1.78. The number of ether oxygens (including phenoxy) is 2. The van der Waals surface area contributed by atoms with Gasteiger partial charge in [0.2, 0.25) is 0 Å². The molecule has 1 atom stereocenters. The van der Waals surface area contributed by atoms with Crippen molar-refractivity contribution in [2.24, 2.45) is 0 Å². The number of hydrogen-bond acceptors (Lipinski definition) is 4. The molecule has 1 aliphatic rings. The molecule has 1 amide bonds. The van der Waals surface area contributed by atoms with Crippen molar-refractivity contribution in [2.45, 2.75) is 32.8 Å². The molecule has 1 saturated heterocycles. The van der Waals surface area contributed by atoms with Crippen molar-refractivity contribution in [3.8, 4) is 5.75 Å². The van der Waals surface area contributed by atoms with E-state index < -0.39 is 6.10 Å². The molecule has 0 aromatic heterocycles. The van der Waals surface area contributed by atoms with Crippen molar-refractivity contribution >= 4 is 5.91 Å². The lowest BCUT2D eigenvalue weighted by molar-refractivity contribution is -0.127. The van der Waals surface area contributed by atoms with Gasteiger partial charge in [0.1, 0.15) is 5.75 Å². The van der Waals surface area contributed by atoms with Gasteiger partial charge in [0, 0.05) is 26.2 Å². The maximum atomic E-state index is 12.2. The highest BCUT2D eigenvalue weighted by atomic mass is 16.5. The number of benzene rings is 1. The second-order valence-electron chi connectivity index (χ2n) is 6.20. The number of para-hydroxylation sites is 1. The van der Waals surface area contributed by atoms with Crippen LogP contribution < -0.4 is 10.1 Å². The average molecular weight is 320 g/mol. The van der Waals surface area contributed by atoms with Crippen LogP contribution in [-0.4, -0.2) is 56.3 Å². The van der Waals surface area contributed by atoms with E-state index in [4.69, 9.17) is 9.47 Å². The van der Waals surface area contributed by atoms with E-state index in [9.17, 15) is 4.79 Å². The number of carbonyl (C=O) groups excluding carboxylic acids is 1. The molecule has 0 bridgehead atoms. The molecular weight excluding hydrogens is 292 g/mol. The quantitative estimate of drug-likeness (QED) is 0.835. The van der Waals surface area contributed by atoms with Gasteiger partial charge >= 0.3 is 0 Å². The summed E-state index contributed by atoms with van der Waals surface area (Å²) in [5.41, 5.74) is 1.13. The molecule has 1 fully saturated rings. The van der Waals surface area contributed by atoms with Crippen LogP contribution in [-0.2, 0) is 9.53 Å². The summed E-state index contributed by atoms with van der Waals surface area (Å²) in [4.78, 5) is 14.5. The first-order chi connectivity index (χ1) is 11.1. The lowest BCUT2D eigenvalue weighted by Gasteiger charge is -2.26. The van der Waals surface area contributed by atoms with Crippen LogP contribution in [0.1, 0.15) is 32.3 Å². The average Bonchev–Trinajstić information content (AvgIpc) is 2.56. The summed E-state index contributed by atoms with van der Waals surface area (Å²) in [5.74, 6) is 1.08. The Morgan fingerprint density at radius 3 is 2.65 bits per heavy atom. The van der Waals surface area contributed by atoms with Crippen molar-refractivity contribution < 1.29 is 14.3 Å². The van der Waals surface area contributed by atoms with Gasteiger partial charge in [-0.05, 0) is 24.5 Å². The highest BCUT2D eigenvalue weighted by Crippen LogP contribution is 2.26. The molecule has 2 rings (SSSR count). The van der Waals surface area contributed by atoms with E-state index >= 15 is 0 Å². The van der Waals surface area contributed by atoms with Crippen LogP contribution in [0.5, 0.6) is 5.75 Å². The first-order valence-electron chi connectivity index (χ1n) is 8.41. The van der Waals surface area contributed by atoms with Gasteiger partial charge in [-0.25, -0.2) is 0 Å². The number of carbonyl (C=O) groups is 1. The molecule has 1 aliphatic heterocycles. The maximum Gasteiger partial charge on any atom is 0.260 e. The summed E-state index contributed by atoms with van der Waals surface area (Å²) >= 11 is 0. The number of morpholine rings is 1. The molecule has 1 aromatic carbocycles. The largest absolute Gasteiger partial charge is 0.481 e. The van der Waals surface area contributed by atoms with Crippen LogP contribution in [0.3, 0.4) is 0 Å². The zero-order valence-corrected chi connectivity index (χ0v) is 14.4. The van der Waals surface area contributed by atoms with Crippen molar-refractivity contribution in [3.05, 3.63) is 29.8 Å². The Bertz CT molecular complexity index is 499. The highest BCUT2D eigenvalue weighted by molar-refractivity contribution is 5.80. The number of amides is 1. The van der Waals surface area contributed by atoms with Gasteiger partial charge in [0.25, 0.3) is 5.91 Å². The molecule has 0 radical (unpaired) electrons. The lowest BCUT2D eigenvalue weighted by atomic mass is 10.0. The molecule has 1 heterocycles. The van der Waals surface area contributed by atoms with E-state index in [1.165, 1.54) is 0 Å². The first kappa shape index (κ1) is 17.8. The van der Waals surface area contributed by atoms with E-state index in [1.54, 1.807) is 6.92 Å². The fraction of sp³-hybridized carbons (Fsp3) is 0.611. The Morgan fingerprint density at radius 2 is 1.96 bits per heavy atom. The summed E-state index contributed by atoms with van der Waals surface area (Å²) in [6, 6.07) is 7.90. The molecule has 1 unspecified atom stereocenters. The summed E-state index contributed by atoms with van der Waals surface area (Å²) in [5, 5.41) is 2.95. The number of hydrogen-bond donors (Lipinski definition) is 1. The van der Waals surface area contributed by atoms with E-state index in [0.717, 1.165) is 44.2 Å². The summed E-state index contributed by atoms with van der Waals surface area (Å²) < 4.78 is 11.2. The minimum absolute atomic E-state index is 0.0724. The molecule has 23 heavy (non-hydrogen) atoms. The lowest BCUT2D eigenvalue weighted by Crippen LogP contribution is -2.44. The molecule has 5 nitrogen and oxygen atoms in total. The van der Waals surface area contributed by atoms with Crippen LogP contribution in [0.4, 0.5) is 0 Å². The van der Waals surface area contributed by atoms with Crippen molar-refractivity contribution in [1.29, 1.82) is 0 Å². The third kappa shape index (κ3) is 5.52. The summed E-state index contributed by atoms with van der Waals surface area (Å²) in [6.07, 6.45) is -0.500. The second kappa shape index (κ2) is 8.89. The topological polar surface area (TPSA) is 50.8 Å². The first-order valence-corrected chi connectivity index (χ1v) is 8.41. The second-order valence-corrected chi connectivity index (χ2v) is 6.20. The van der Waals surface area contributed by atoms with Gasteiger partial charge in [0.05, 0.1) is 13.2 Å². The molecule has 5 heteroatoms. The SMILES string of the molecule is CC(Oc1ccccc1C(C)C)C(=O)NCCN1CCOCC1. The van der Waals surface area contributed by atoms with Crippen LogP contribution in [0.15, 0.2) is 24.3 Å². The van der Waals surface area contributed by atoms with Crippen LogP contribution in [0, 0.1) is 0 Å². The minimum Gasteiger partial charge on any atom is -0.481 e. The Kier molecular flexibility index (Phi) is 6.86. The number of nitrogens with zero attached hydrogens (tertiary/aromatic N) is 1. The molecule has 0 saturated carbocycles. The predicted octanol–water partition coefficient (Wildman–Crippen LogP) is 2.03. The van der Waals surface area contributed by atoms with Gasteiger partial charge in [0.15, 0.2) is 6.10 Å². The zero-order chi connectivity index (χ0) is 16.7. The van der Waals surface area contributed by atoms with Crippen LogP contribution in [0.25, 0.3) is 0 Å². The smallest absolute Gasteiger partial charge is 0.260 e. The Labute approximate surface area is 139 Å². The molecule has 1 aromatic rings. The maximum absolute atomic E-state index is 12.2. The molecular formula is C18H28N2O3. The minimum atomic E-state index is -0.500. The van der Waals surface area contributed by atoms with E-state index in [-0.39, 0.29) is 5.91 Å². The van der Waals surface area contributed by atoms with E-state index in [0.29, 0.717) is 12.5 Å². The summed E-state index contributed by atoms with van der Waals surface area (Å²) in [7, 11) is 0. The fourth-order valence-electron chi connectivity index (χ4n) is 2.61. The summed E-state index contributed by atoms with van der Waals surface area (Å²) in [6.45, 7) is 10.9. The van der Waals surface area contributed by atoms with Crippen molar-refractivity contribution in [1.82, 2.24) is 10.2 Å². The number of nitrogens with one attached hydrogen (secondary N) is 1. The Hall–Kier alpha value is -1.59. The standard InChI is InChI=1S/C18H28N2O3/c1-14(2)16-6-4-5-7-17(16)23-15(3)18(21)19-8-9-20-10-12-22-13-11-20/h4-7,14-15H,8-13H2,1-3H3,(H,19,21). The van der Waals surface area contributed by atoms with Crippen LogP contribution >= 0.6 is 0 Å². The molecule has 0 aliphatic carbocycles. The van der Waals surface area contributed by atoms with E-state index in [2.05, 4.69) is 24.1 Å². The van der Waals surface area contributed by atoms with Crippen LogP contribution in [0.2, 0.25) is 0 Å². The van der Waals surface area contributed by atoms with E-state index in [1.807, 2.05) is 24.3 Å². The van der Waals surface area contributed by atoms with Gasteiger partial charge in [-0.15, -0.1) is 0 Å². The van der Waals surface area contributed by atoms with Crippen molar-refractivity contribution in [2.75, 3.05) is 39.4 Å². The normalized spacial score (nSPS) is 17.0. The van der Waals surface area contributed by atoms with Crippen molar-refractivity contribution in [3.63, 3.8) is 0 Å². The molecule has 1 N–H and O–H groups in total. The van der Waals surface area contributed by atoms with Gasteiger partial charge in [-0.2, -0.15) is 0 Å². The highest BCUT2D eigenvalue weighted by Gasteiger charge is 2.17. The zero-order valence-electron chi connectivity index (χ0n) is 14.4. The monoisotopic (exact) mass is 320 g/mol. The number of rotatable bonds is 7. The van der Waals surface area contributed by atoms with Gasteiger partial charge in [-0.1, -0.05) is 32.0 Å². The predicted molar refractivity (Wildman–Crippen MR) is 90.9 cm³/mol. The third-order valence-electron chi connectivity index (χ3n) is 4.04. The van der Waals surface area contributed by atoms with Gasteiger partial charge in [-0.3, -0.25) is 9.69 Å². The third-order valence-corrected chi connectivity index (χ3v) is 4.04. The van der Waals surface area contributed by atoms with Gasteiger partial charge < -0.3 is 14.8 Å². The molecule has 128 valence electrons. The Morgan fingerprint density at radius 1 is 1.26 bits per heavy atom. The fourth-order valence-corrected chi connectivity index (χ4v) is 2.61. The molecule has 0 spiro atoms.